The van der Waals surface area contributed by atoms with Crippen LogP contribution in [-0.2, 0) is 10.0 Å². The van der Waals surface area contributed by atoms with Crippen molar-refractivity contribution in [2.24, 2.45) is 0 Å². The quantitative estimate of drug-likeness (QED) is 0.741. The lowest BCUT2D eigenvalue weighted by Gasteiger charge is -2.08. The molecule has 126 valence electrons. The van der Waals surface area contributed by atoms with Gasteiger partial charge in [-0.25, -0.2) is 13.4 Å². The highest BCUT2D eigenvalue weighted by atomic mass is 32.2. The average Bonchev–Trinajstić information content (AvgIpc) is 2.90. The molecule has 3 aromatic rings. The standard InChI is InChI=1S/C17H18N2O3S2/c1-4-22-13-7-8-14-15(10-13)23-17(18-14)19-24(20,21)16-9-11(2)5-6-12(16)3/h5-10H,4H2,1-3H3,(H,18,19). The average molecular weight is 362 g/mol. The lowest BCUT2D eigenvalue weighted by atomic mass is 10.2. The number of sulfonamides is 1. The third-order valence-electron chi connectivity index (χ3n) is 3.53. The van der Waals surface area contributed by atoms with Gasteiger partial charge < -0.3 is 4.74 Å². The van der Waals surface area contributed by atoms with Crippen LogP contribution in [0.2, 0.25) is 0 Å². The summed E-state index contributed by atoms with van der Waals surface area (Å²) < 4.78 is 34.2. The molecule has 0 amide bonds. The van der Waals surface area contributed by atoms with Gasteiger partial charge in [0.25, 0.3) is 10.0 Å². The van der Waals surface area contributed by atoms with Crippen LogP contribution in [0.4, 0.5) is 5.13 Å². The third-order valence-corrected chi connectivity index (χ3v) is 6.07. The normalized spacial score (nSPS) is 11.6. The van der Waals surface area contributed by atoms with Crippen LogP contribution in [0.3, 0.4) is 0 Å². The van der Waals surface area contributed by atoms with Gasteiger partial charge in [0.15, 0.2) is 5.13 Å². The molecule has 5 nitrogen and oxygen atoms in total. The van der Waals surface area contributed by atoms with Crippen molar-refractivity contribution in [1.82, 2.24) is 4.98 Å². The molecule has 0 aliphatic rings. The Balaban J connectivity index is 1.95. The molecule has 0 saturated heterocycles. The maximum absolute atomic E-state index is 12.7. The van der Waals surface area contributed by atoms with Crippen LogP contribution in [0.1, 0.15) is 18.1 Å². The molecule has 0 saturated carbocycles. The van der Waals surface area contributed by atoms with Gasteiger partial charge in [-0.3, -0.25) is 4.72 Å². The minimum Gasteiger partial charge on any atom is -0.494 e. The van der Waals surface area contributed by atoms with Crippen LogP contribution in [0.15, 0.2) is 41.3 Å². The first-order valence-electron chi connectivity index (χ1n) is 7.52. The van der Waals surface area contributed by atoms with E-state index in [0.717, 1.165) is 21.5 Å². The molecule has 0 spiro atoms. The molecule has 24 heavy (non-hydrogen) atoms. The number of aromatic nitrogens is 1. The van der Waals surface area contributed by atoms with Gasteiger partial charge in [-0.15, -0.1) is 0 Å². The Bertz CT molecular complexity index is 994. The van der Waals surface area contributed by atoms with Crippen molar-refractivity contribution >= 4 is 36.7 Å². The summed E-state index contributed by atoms with van der Waals surface area (Å²) >= 11 is 1.29. The van der Waals surface area contributed by atoms with E-state index in [1.165, 1.54) is 11.3 Å². The second kappa shape index (κ2) is 6.41. The summed E-state index contributed by atoms with van der Waals surface area (Å²) in [4.78, 5) is 4.62. The SMILES string of the molecule is CCOc1ccc2nc(NS(=O)(=O)c3cc(C)ccc3C)sc2c1. The fourth-order valence-electron chi connectivity index (χ4n) is 2.37. The summed E-state index contributed by atoms with van der Waals surface area (Å²) in [5.41, 5.74) is 2.33. The fraction of sp³-hybridized carbons (Fsp3) is 0.235. The largest absolute Gasteiger partial charge is 0.494 e. The Kier molecular flexibility index (Phi) is 4.47. The van der Waals surface area contributed by atoms with Crippen LogP contribution < -0.4 is 9.46 Å². The Hall–Kier alpha value is -2.12. The molecule has 0 unspecified atom stereocenters. The fourth-order valence-corrected chi connectivity index (χ4v) is 4.83. The topological polar surface area (TPSA) is 68.3 Å². The number of rotatable bonds is 5. The lowest BCUT2D eigenvalue weighted by Crippen LogP contribution is -2.14. The first-order chi connectivity index (χ1) is 11.4. The first-order valence-corrected chi connectivity index (χ1v) is 9.82. The molecule has 7 heteroatoms. The van der Waals surface area contributed by atoms with Crippen molar-refractivity contribution in [2.75, 3.05) is 11.3 Å². The zero-order chi connectivity index (χ0) is 17.3. The van der Waals surface area contributed by atoms with Gasteiger partial charge in [-0.05, 0) is 56.2 Å². The van der Waals surface area contributed by atoms with Crippen molar-refractivity contribution in [2.45, 2.75) is 25.7 Å². The summed E-state index contributed by atoms with van der Waals surface area (Å²) in [6, 6.07) is 10.9. The molecule has 1 N–H and O–H groups in total. The molecule has 0 radical (unpaired) electrons. The first kappa shape index (κ1) is 16.7. The van der Waals surface area contributed by atoms with Gasteiger partial charge in [0, 0.05) is 0 Å². The van der Waals surface area contributed by atoms with E-state index in [1.807, 2.05) is 38.1 Å². The molecule has 2 aromatic carbocycles. The minimum atomic E-state index is -3.67. The minimum absolute atomic E-state index is 0.275. The predicted molar refractivity (Wildman–Crippen MR) is 97.5 cm³/mol. The summed E-state index contributed by atoms with van der Waals surface area (Å²) in [5.74, 6) is 0.748. The van der Waals surface area contributed by atoms with E-state index in [2.05, 4.69) is 9.71 Å². The number of nitrogens with zero attached hydrogens (tertiary/aromatic N) is 1. The van der Waals surface area contributed by atoms with Gasteiger partial charge in [-0.2, -0.15) is 0 Å². The van der Waals surface area contributed by atoms with Crippen LogP contribution in [-0.4, -0.2) is 20.0 Å². The zero-order valence-corrected chi connectivity index (χ0v) is 15.3. The van der Waals surface area contributed by atoms with Gasteiger partial charge in [-0.1, -0.05) is 23.5 Å². The molecule has 0 bridgehead atoms. The van der Waals surface area contributed by atoms with Gasteiger partial charge in [0.1, 0.15) is 5.75 Å². The lowest BCUT2D eigenvalue weighted by molar-refractivity contribution is 0.341. The van der Waals surface area contributed by atoms with E-state index < -0.39 is 10.0 Å². The predicted octanol–water partition coefficient (Wildman–Crippen LogP) is 4.11. The number of fused-ring (bicyclic) bond motifs is 1. The second-order valence-corrected chi connectivity index (χ2v) is 8.14. The molecular formula is C17H18N2O3S2. The molecule has 1 aromatic heterocycles. The van der Waals surface area contributed by atoms with Gasteiger partial charge >= 0.3 is 0 Å². The molecule has 0 fully saturated rings. The van der Waals surface area contributed by atoms with Crippen molar-refractivity contribution < 1.29 is 13.2 Å². The van der Waals surface area contributed by atoms with E-state index in [1.54, 1.807) is 19.1 Å². The van der Waals surface area contributed by atoms with Crippen LogP contribution in [0.25, 0.3) is 10.2 Å². The second-order valence-electron chi connectivity index (χ2n) is 5.46. The number of anilines is 1. The Morgan fingerprint density at radius 3 is 2.71 bits per heavy atom. The Morgan fingerprint density at radius 2 is 1.96 bits per heavy atom. The van der Waals surface area contributed by atoms with Crippen LogP contribution in [0, 0.1) is 13.8 Å². The molecule has 0 aliphatic heterocycles. The van der Waals surface area contributed by atoms with E-state index in [4.69, 9.17) is 4.74 Å². The number of hydrogen-bond acceptors (Lipinski definition) is 5. The van der Waals surface area contributed by atoms with E-state index in [0.29, 0.717) is 17.3 Å². The zero-order valence-electron chi connectivity index (χ0n) is 13.7. The highest BCUT2D eigenvalue weighted by Crippen LogP contribution is 2.31. The van der Waals surface area contributed by atoms with E-state index in [-0.39, 0.29) is 4.90 Å². The number of thiazole rings is 1. The monoisotopic (exact) mass is 362 g/mol. The number of hydrogen-bond donors (Lipinski definition) is 1. The van der Waals surface area contributed by atoms with Gasteiger partial charge in [0.05, 0.1) is 21.7 Å². The highest BCUT2D eigenvalue weighted by Gasteiger charge is 2.19. The number of aryl methyl sites for hydroxylation is 2. The Morgan fingerprint density at radius 1 is 1.17 bits per heavy atom. The number of benzene rings is 2. The van der Waals surface area contributed by atoms with Crippen molar-refractivity contribution in [3.63, 3.8) is 0 Å². The number of nitrogens with one attached hydrogen (secondary N) is 1. The molecule has 3 rings (SSSR count). The van der Waals surface area contributed by atoms with Crippen molar-refractivity contribution in [1.29, 1.82) is 0 Å². The summed E-state index contributed by atoms with van der Waals surface area (Å²) in [5, 5.41) is 0.347. The molecule has 0 atom stereocenters. The molecule has 0 aliphatic carbocycles. The molecular weight excluding hydrogens is 344 g/mol. The highest BCUT2D eigenvalue weighted by molar-refractivity contribution is 7.93. The number of ether oxygens (including phenoxy) is 1. The van der Waals surface area contributed by atoms with Gasteiger partial charge in [0.2, 0.25) is 0 Å². The smallest absolute Gasteiger partial charge is 0.263 e. The van der Waals surface area contributed by atoms with Crippen molar-refractivity contribution in [3.8, 4) is 5.75 Å². The summed E-state index contributed by atoms with van der Waals surface area (Å²) in [6.45, 7) is 6.14. The van der Waals surface area contributed by atoms with Crippen LogP contribution in [0.5, 0.6) is 5.75 Å². The summed E-state index contributed by atoms with van der Waals surface area (Å²) in [7, 11) is -3.67. The molecule has 1 heterocycles. The maximum atomic E-state index is 12.7. The Labute approximate surface area is 145 Å². The summed E-state index contributed by atoms with van der Waals surface area (Å²) in [6.07, 6.45) is 0. The van der Waals surface area contributed by atoms with E-state index in [9.17, 15) is 8.42 Å². The van der Waals surface area contributed by atoms with Crippen molar-refractivity contribution in [3.05, 3.63) is 47.5 Å². The third kappa shape index (κ3) is 3.37. The van der Waals surface area contributed by atoms with Crippen LogP contribution >= 0.6 is 11.3 Å². The maximum Gasteiger partial charge on any atom is 0.263 e. The van der Waals surface area contributed by atoms with E-state index >= 15 is 0 Å².